The van der Waals surface area contributed by atoms with Crippen molar-refractivity contribution in [1.82, 2.24) is 15.5 Å². The van der Waals surface area contributed by atoms with Crippen LogP contribution in [-0.4, -0.2) is 41.1 Å². The standard InChI is InChI=1S/C16H19FN4O2S2/c17-12-5-3-11(4-6-12)8-18-14(22)10-24-16-21-20-15(25-16)19-9-13-2-1-7-23-13/h3-6,13H,1-2,7-10H2,(H,18,22)(H,19,20). The van der Waals surface area contributed by atoms with E-state index in [2.05, 4.69) is 20.8 Å². The van der Waals surface area contributed by atoms with Crippen LogP contribution in [0.5, 0.6) is 0 Å². The van der Waals surface area contributed by atoms with Crippen LogP contribution in [0, 0.1) is 5.82 Å². The number of halogens is 1. The number of rotatable bonds is 8. The molecule has 1 aliphatic heterocycles. The van der Waals surface area contributed by atoms with Crippen molar-refractivity contribution in [2.75, 3.05) is 24.2 Å². The maximum atomic E-state index is 12.8. The van der Waals surface area contributed by atoms with Crippen LogP contribution < -0.4 is 10.6 Å². The quantitative estimate of drug-likeness (QED) is 0.684. The SMILES string of the molecule is O=C(CSc1nnc(NCC2CCCO2)s1)NCc1ccc(F)cc1. The number of carbonyl (C=O) groups excluding carboxylic acids is 1. The molecule has 1 aliphatic rings. The molecule has 134 valence electrons. The average Bonchev–Trinajstić information content (AvgIpc) is 3.29. The third-order valence-electron chi connectivity index (χ3n) is 3.64. The Kier molecular flexibility index (Phi) is 6.60. The van der Waals surface area contributed by atoms with Crippen molar-refractivity contribution in [2.45, 2.75) is 29.8 Å². The molecule has 1 saturated heterocycles. The fraction of sp³-hybridized carbons (Fsp3) is 0.438. The lowest BCUT2D eigenvalue weighted by Gasteiger charge is -2.08. The van der Waals surface area contributed by atoms with E-state index in [1.807, 2.05) is 0 Å². The van der Waals surface area contributed by atoms with Gasteiger partial charge in [-0.2, -0.15) is 0 Å². The molecule has 3 rings (SSSR count). The third-order valence-corrected chi connectivity index (χ3v) is 5.66. The number of nitrogens with zero attached hydrogens (tertiary/aromatic N) is 2. The number of hydrogen-bond acceptors (Lipinski definition) is 7. The Balaban J connectivity index is 1.36. The number of amides is 1. The Morgan fingerprint density at radius 2 is 2.20 bits per heavy atom. The van der Waals surface area contributed by atoms with Crippen LogP contribution in [0.25, 0.3) is 0 Å². The lowest BCUT2D eigenvalue weighted by molar-refractivity contribution is -0.118. The normalized spacial score (nSPS) is 16.8. The van der Waals surface area contributed by atoms with Gasteiger partial charge in [0.05, 0.1) is 11.9 Å². The maximum Gasteiger partial charge on any atom is 0.230 e. The van der Waals surface area contributed by atoms with Gasteiger partial charge >= 0.3 is 0 Å². The molecular weight excluding hydrogens is 363 g/mol. The first-order valence-electron chi connectivity index (χ1n) is 8.02. The van der Waals surface area contributed by atoms with E-state index in [9.17, 15) is 9.18 Å². The van der Waals surface area contributed by atoms with E-state index in [1.165, 1.54) is 35.2 Å². The molecule has 2 N–H and O–H groups in total. The number of benzene rings is 1. The highest BCUT2D eigenvalue weighted by Crippen LogP contribution is 2.25. The minimum atomic E-state index is -0.286. The fourth-order valence-corrected chi connectivity index (χ4v) is 3.92. The van der Waals surface area contributed by atoms with E-state index in [0.29, 0.717) is 6.54 Å². The first-order valence-corrected chi connectivity index (χ1v) is 9.82. The van der Waals surface area contributed by atoms with E-state index in [0.717, 1.165) is 41.0 Å². The third kappa shape index (κ3) is 5.94. The zero-order valence-corrected chi connectivity index (χ0v) is 15.2. The number of aromatic nitrogens is 2. The molecule has 0 aliphatic carbocycles. The summed E-state index contributed by atoms with van der Waals surface area (Å²) in [5, 5.41) is 14.9. The van der Waals surface area contributed by atoms with Gasteiger partial charge in [-0.3, -0.25) is 4.79 Å². The molecule has 0 bridgehead atoms. The van der Waals surface area contributed by atoms with Crippen LogP contribution in [-0.2, 0) is 16.1 Å². The summed E-state index contributed by atoms with van der Waals surface area (Å²) in [5.74, 6) is -0.120. The summed E-state index contributed by atoms with van der Waals surface area (Å²) < 4.78 is 19.1. The molecule has 6 nitrogen and oxygen atoms in total. The molecule has 25 heavy (non-hydrogen) atoms. The number of hydrogen-bond donors (Lipinski definition) is 2. The largest absolute Gasteiger partial charge is 0.376 e. The number of carbonyl (C=O) groups is 1. The highest BCUT2D eigenvalue weighted by atomic mass is 32.2. The van der Waals surface area contributed by atoms with Crippen LogP contribution in [0.2, 0.25) is 0 Å². The second-order valence-corrected chi connectivity index (χ2v) is 7.78. The van der Waals surface area contributed by atoms with Gasteiger partial charge in [0.1, 0.15) is 5.82 Å². The van der Waals surface area contributed by atoms with Gasteiger partial charge in [0.15, 0.2) is 4.34 Å². The Morgan fingerprint density at radius 3 is 2.96 bits per heavy atom. The van der Waals surface area contributed by atoms with Crippen LogP contribution in [0.1, 0.15) is 18.4 Å². The van der Waals surface area contributed by atoms with Crippen molar-refractivity contribution < 1.29 is 13.9 Å². The number of ether oxygens (including phenoxy) is 1. The molecule has 1 aromatic heterocycles. The predicted octanol–water partition coefficient (Wildman–Crippen LogP) is 2.68. The van der Waals surface area contributed by atoms with Gasteiger partial charge in [0.2, 0.25) is 11.0 Å². The molecule has 0 saturated carbocycles. The summed E-state index contributed by atoms with van der Waals surface area (Å²) in [7, 11) is 0. The minimum Gasteiger partial charge on any atom is -0.376 e. The van der Waals surface area contributed by atoms with Crippen molar-refractivity contribution in [1.29, 1.82) is 0 Å². The summed E-state index contributed by atoms with van der Waals surface area (Å²) in [6, 6.07) is 6.06. The van der Waals surface area contributed by atoms with Crippen LogP contribution in [0.4, 0.5) is 9.52 Å². The lowest BCUT2D eigenvalue weighted by Crippen LogP contribution is -2.24. The number of thioether (sulfide) groups is 1. The topological polar surface area (TPSA) is 76.1 Å². The molecular formula is C16H19FN4O2S2. The van der Waals surface area contributed by atoms with Gasteiger partial charge in [-0.15, -0.1) is 10.2 Å². The molecule has 2 heterocycles. The molecule has 1 atom stereocenters. The van der Waals surface area contributed by atoms with Crippen molar-refractivity contribution in [2.24, 2.45) is 0 Å². The zero-order valence-electron chi connectivity index (χ0n) is 13.5. The zero-order chi connectivity index (χ0) is 17.5. The van der Waals surface area contributed by atoms with Gasteiger partial charge in [-0.25, -0.2) is 4.39 Å². The van der Waals surface area contributed by atoms with Gasteiger partial charge in [-0.1, -0.05) is 35.2 Å². The van der Waals surface area contributed by atoms with Crippen molar-refractivity contribution in [3.63, 3.8) is 0 Å². The average molecular weight is 382 g/mol. The van der Waals surface area contributed by atoms with Gasteiger partial charge in [0.25, 0.3) is 0 Å². The Morgan fingerprint density at radius 1 is 1.36 bits per heavy atom. The Bertz CT molecular complexity index is 690. The van der Waals surface area contributed by atoms with E-state index in [1.54, 1.807) is 12.1 Å². The van der Waals surface area contributed by atoms with E-state index in [4.69, 9.17) is 4.74 Å². The van der Waals surface area contributed by atoms with Gasteiger partial charge < -0.3 is 15.4 Å². The van der Waals surface area contributed by atoms with Crippen LogP contribution in [0.15, 0.2) is 28.6 Å². The minimum absolute atomic E-state index is 0.0987. The molecule has 0 spiro atoms. The van der Waals surface area contributed by atoms with Crippen molar-refractivity contribution in [3.05, 3.63) is 35.6 Å². The van der Waals surface area contributed by atoms with Crippen molar-refractivity contribution >= 4 is 34.1 Å². The highest BCUT2D eigenvalue weighted by Gasteiger charge is 2.16. The van der Waals surface area contributed by atoms with Gasteiger partial charge in [0, 0.05) is 19.7 Å². The maximum absolute atomic E-state index is 12.8. The highest BCUT2D eigenvalue weighted by molar-refractivity contribution is 8.01. The predicted molar refractivity (Wildman–Crippen MR) is 96.3 cm³/mol. The number of nitrogens with one attached hydrogen (secondary N) is 2. The summed E-state index contributed by atoms with van der Waals surface area (Å²) in [6.45, 7) is 1.94. The molecule has 1 fully saturated rings. The molecule has 2 aromatic rings. The van der Waals surface area contributed by atoms with Crippen LogP contribution >= 0.6 is 23.1 Å². The summed E-state index contributed by atoms with van der Waals surface area (Å²) >= 11 is 2.77. The van der Waals surface area contributed by atoms with Crippen LogP contribution in [0.3, 0.4) is 0 Å². The first kappa shape index (κ1) is 18.1. The molecule has 1 aromatic carbocycles. The summed E-state index contributed by atoms with van der Waals surface area (Å²) in [5.41, 5.74) is 0.858. The monoisotopic (exact) mass is 382 g/mol. The molecule has 1 unspecified atom stereocenters. The summed E-state index contributed by atoms with van der Waals surface area (Å²) in [6.07, 6.45) is 2.43. The van der Waals surface area contributed by atoms with E-state index >= 15 is 0 Å². The Labute approximate surface area is 153 Å². The second kappa shape index (κ2) is 9.12. The Hall–Kier alpha value is -1.71. The molecule has 0 radical (unpaired) electrons. The summed E-state index contributed by atoms with van der Waals surface area (Å²) in [4.78, 5) is 11.9. The van der Waals surface area contributed by atoms with Gasteiger partial charge in [-0.05, 0) is 30.5 Å². The van der Waals surface area contributed by atoms with E-state index in [-0.39, 0.29) is 23.6 Å². The first-order chi connectivity index (χ1) is 12.2. The molecule has 9 heteroatoms. The fourth-order valence-electron chi connectivity index (χ4n) is 2.33. The molecule has 1 amide bonds. The lowest BCUT2D eigenvalue weighted by atomic mass is 10.2. The van der Waals surface area contributed by atoms with E-state index < -0.39 is 0 Å². The van der Waals surface area contributed by atoms with Crippen molar-refractivity contribution in [3.8, 4) is 0 Å². The number of anilines is 1. The smallest absolute Gasteiger partial charge is 0.230 e. The second-order valence-electron chi connectivity index (χ2n) is 5.58.